The van der Waals surface area contributed by atoms with Crippen molar-refractivity contribution >= 4 is 27.5 Å². The van der Waals surface area contributed by atoms with E-state index < -0.39 is 34.3 Å². The highest BCUT2D eigenvalue weighted by molar-refractivity contribution is 7.92. The summed E-state index contributed by atoms with van der Waals surface area (Å²) in [4.78, 5) is 28.1. The van der Waals surface area contributed by atoms with Gasteiger partial charge < -0.3 is 15.0 Å². The fourth-order valence-electron chi connectivity index (χ4n) is 3.95. The zero-order chi connectivity index (χ0) is 29.3. The number of halogens is 1. The Balaban J connectivity index is 1.97. The molecule has 0 bridgehead atoms. The number of carbonyl (C=O) groups excluding carboxylic acids is 2. The van der Waals surface area contributed by atoms with Crippen molar-refractivity contribution in [1.82, 2.24) is 10.2 Å². The monoisotopic (exact) mass is 569 g/mol. The molecule has 3 rings (SSSR count). The molecule has 0 aliphatic rings. The lowest BCUT2D eigenvalue weighted by Crippen LogP contribution is -2.51. The van der Waals surface area contributed by atoms with Gasteiger partial charge in [0.2, 0.25) is 11.8 Å². The fraction of sp³-hybridized carbons (Fsp3) is 0.333. The number of carbonyl (C=O) groups is 2. The molecule has 0 unspecified atom stereocenters. The molecule has 0 saturated heterocycles. The number of hydrogen-bond donors (Lipinski definition) is 1. The van der Waals surface area contributed by atoms with Gasteiger partial charge in [-0.3, -0.25) is 13.9 Å². The molecular weight excluding hydrogens is 533 g/mol. The van der Waals surface area contributed by atoms with E-state index in [0.717, 1.165) is 4.31 Å². The topological polar surface area (TPSA) is 96.0 Å². The van der Waals surface area contributed by atoms with Crippen LogP contribution in [0.3, 0.4) is 0 Å². The molecule has 0 aliphatic carbocycles. The second-order valence-electron chi connectivity index (χ2n) is 9.71. The molecule has 1 atom stereocenters. The second-order valence-corrected chi connectivity index (χ2v) is 11.6. The Hall–Kier alpha value is -3.92. The molecule has 0 radical (unpaired) electrons. The lowest BCUT2D eigenvalue weighted by molar-refractivity contribution is -0.139. The Morgan fingerprint density at radius 2 is 1.55 bits per heavy atom. The summed E-state index contributed by atoms with van der Waals surface area (Å²) in [5.41, 5.74) is 0.891. The molecule has 214 valence electrons. The van der Waals surface area contributed by atoms with Gasteiger partial charge in [0, 0.05) is 13.1 Å². The van der Waals surface area contributed by atoms with Crippen molar-refractivity contribution in [2.45, 2.75) is 45.2 Å². The Morgan fingerprint density at radius 3 is 2.12 bits per heavy atom. The summed E-state index contributed by atoms with van der Waals surface area (Å²) in [6, 6.07) is 19.0. The van der Waals surface area contributed by atoms with E-state index >= 15 is 0 Å². The van der Waals surface area contributed by atoms with Crippen LogP contribution < -0.4 is 14.4 Å². The number of ether oxygens (including phenoxy) is 1. The zero-order valence-corrected chi connectivity index (χ0v) is 24.0. The number of sulfonamides is 1. The van der Waals surface area contributed by atoms with E-state index in [1.165, 1.54) is 41.3 Å². The van der Waals surface area contributed by atoms with Crippen LogP contribution in [-0.2, 0) is 26.2 Å². The molecule has 0 heterocycles. The Morgan fingerprint density at radius 1 is 0.925 bits per heavy atom. The number of nitrogens with one attached hydrogen (secondary N) is 1. The summed E-state index contributed by atoms with van der Waals surface area (Å²) in [5, 5.41) is 2.83. The van der Waals surface area contributed by atoms with Gasteiger partial charge in [0.15, 0.2) is 0 Å². The third kappa shape index (κ3) is 8.05. The second kappa shape index (κ2) is 13.9. The van der Waals surface area contributed by atoms with Crippen molar-refractivity contribution < 1.29 is 27.1 Å². The van der Waals surface area contributed by atoms with Crippen LogP contribution in [0.1, 0.15) is 33.3 Å². The molecule has 1 N–H and O–H groups in total. The molecule has 40 heavy (non-hydrogen) atoms. The first-order valence-electron chi connectivity index (χ1n) is 13.1. The molecule has 8 nitrogen and oxygen atoms in total. The van der Waals surface area contributed by atoms with E-state index in [9.17, 15) is 22.4 Å². The van der Waals surface area contributed by atoms with Gasteiger partial charge in [0.1, 0.15) is 24.2 Å². The van der Waals surface area contributed by atoms with Crippen LogP contribution in [0.2, 0.25) is 0 Å². The minimum atomic E-state index is -4.18. The summed E-state index contributed by atoms with van der Waals surface area (Å²) < 4.78 is 47.7. The fourth-order valence-corrected chi connectivity index (χ4v) is 5.36. The number of amides is 2. The van der Waals surface area contributed by atoms with E-state index in [1.54, 1.807) is 49.4 Å². The maximum atomic E-state index is 13.8. The number of hydrogen-bond acceptors (Lipinski definition) is 5. The number of para-hydroxylation sites is 1. The van der Waals surface area contributed by atoms with Crippen LogP contribution in [0, 0.1) is 11.7 Å². The minimum absolute atomic E-state index is 0.0128. The number of nitrogens with zero attached hydrogens (tertiary/aromatic N) is 2. The van der Waals surface area contributed by atoms with Crippen molar-refractivity contribution in [3.05, 3.63) is 90.2 Å². The minimum Gasteiger partial charge on any atom is -0.494 e. The lowest BCUT2D eigenvalue weighted by Gasteiger charge is -2.32. The van der Waals surface area contributed by atoms with Crippen molar-refractivity contribution in [2.75, 3.05) is 24.0 Å². The van der Waals surface area contributed by atoms with Crippen molar-refractivity contribution in [3.8, 4) is 5.75 Å². The van der Waals surface area contributed by atoms with Crippen molar-refractivity contribution in [1.29, 1.82) is 0 Å². The van der Waals surface area contributed by atoms with Crippen LogP contribution in [0.5, 0.6) is 5.75 Å². The van der Waals surface area contributed by atoms with Gasteiger partial charge in [-0.25, -0.2) is 12.8 Å². The van der Waals surface area contributed by atoms with Crippen LogP contribution in [0.4, 0.5) is 10.1 Å². The highest BCUT2D eigenvalue weighted by Crippen LogP contribution is 2.26. The SMILES string of the molecule is CCOc1ccc(S(=O)(=O)N(CC(=O)N(Cc2ccc(F)cc2)[C@H](C)C(=O)NCC(C)C)c2ccccc2)cc1. The summed E-state index contributed by atoms with van der Waals surface area (Å²) >= 11 is 0. The van der Waals surface area contributed by atoms with Crippen LogP contribution in [0.25, 0.3) is 0 Å². The highest BCUT2D eigenvalue weighted by Gasteiger charge is 2.32. The molecule has 0 aromatic heterocycles. The first-order chi connectivity index (χ1) is 19.0. The molecular formula is C30H36FN3O5S. The molecule has 0 aliphatic heterocycles. The van der Waals surface area contributed by atoms with Gasteiger partial charge in [-0.15, -0.1) is 0 Å². The number of anilines is 1. The maximum absolute atomic E-state index is 13.8. The highest BCUT2D eigenvalue weighted by atomic mass is 32.2. The lowest BCUT2D eigenvalue weighted by atomic mass is 10.1. The summed E-state index contributed by atoms with van der Waals surface area (Å²) in [5.74, 6) is -0.665. The summed E-state index contributed by atoms with van der Waals surface area (Å²) in [7, 11) is -4.18. The Bertz CT molecular complexity index is 1360. The number of benzene rings is 3. The third-order valence-electron chi connectivity index (χ3n) is 6.16. The van der Waals surface area contributed by atoms with Gasteiger partial charge in [-0.1, -0.05) is 44.2 Å². The van der Waals surface area contributed by atoms with Gasteiger partial charge in [0.25, 0.3) is 10.0 Å². The molecule has 10 heteroatoms. The zero-order valence-electron chi connectivity index (χ0n) is 23.2. The Kier molecular flexibility index (Phi) is 10.7. The van der Waals surface area contributed by atoms with Crippen LogP contribution in [0.15, 0.2) is 83.8 Å². The van der Waals surface area contributed by atoms with Crippen molar-refractivity contribution in [2.24, 2.45) is 5.92 Å². The normalized spacial score (nSPS) is 12.1. The average molecular weight is 570 g/mol. The molecule has 0 saturated carbocycles. The smallest absolute Gasteiger partial charge is 0.264 e. The van der Waals surface area contributed by atoms with E-state index in [-0.39, 0.29) is 23.3 Å². The Labute approximate surface area is 235 Å². The van der Waals surface area contributed by atoms with Crippen LogP contribution >= 0.6 is 0 Å². The van der Waals surface area contributed by atoms with E-state index in [2.05, 4.69) is 5.32 Å². The van der Waals surface area contributed by atoms with Gasteiger partial charge in [0.05, 0.1) is 17.2 Å². The van der Waals surface area contributed by atoms with Crippen molar-refractivity contribution in [3.63, 3.8) is 0 Å². The molecule has 3 aromatic carbocycles. The van der Waals surface area contributed by atoms with Gasteiger partial charge >= 0.3 is 0 Å². The predicted octanol–water partition coefficient (Wildman–Crippen LogP) is 4.61. The summed E-state index contributed by atoms with van der Waals surface area (Å²) in [6.07, 6.45) is 0. The van der Waals surface area contributed by atoms with Gasteiger partial charge in [-0.05, 0) is 73.9 Å². The maximum Gasteiger partial charge on any atom is 0.264 e. The summed E-state index contributed by atoms with van der Waals surface area (Å²) in [6.45, 7) is 7.61. The predicted molar refractivity (Wildman–Crippen MR) is 153 cm³/mol. The standard InChI is InChI=1S/C30H36FN3O5S/c1-5-39-27-15-17-28(18-16-27)40(37,38)34(26-9-7-6-8-10-26)21-29(35)33(20-24-11-13-25(31)14-12-24)23(4)30(36)32-19-22(2)3/h6-18,22-23H,5,19-21H2,1-4H3,(H,32,36)/t23-/m1/s1. The molecule has 3 aromatic rings. The van der Waals surface area contributed by atoms with E-state index in [0.29, 0.717) is 30.2 Å². The molecule has 0 fully saturated rings. The van der Waals surface area contributed by atoms with Crippen LogP contribution in [-0.4, -0.2) is 50.9 Å². The van der Waals surface area contributed by atoms with Gasteiger partial charge in [-0.2, -0.15) is 0 Å². The van der Waals surface area contributed by atoms with E-state index in [1.807, 2.05) is 20.8 Å². The quantitative estimate of drug-likeness (QED) is 0.324. The largest absolute Gasteiger partial charge is 0.494 e. The average Bonchev–Trinajstić information content (AvgIpc) is 2.94. The first kappa shape index (κ1) is 30.6. The molecule has 2 amide bonds. The first-order valence-corrected chi connectivity index (χ1v) is 14.6. The van der Waals surface area contributed by atoms with E-state index in [4.69, 9.17) is 4.74 Å². The number of rotatable bonds is 13. The molecule has 0 spiro atoms. The third-order valence-corrected chi connectivity index (χ3v) is 7.95.